The molecule has 0 aromatic heterocycles. The fourth-order valence-electron chi connectivity index (χ4n) is 2.78. The summed E-state index contributed by atoms with van der Waals surface area (Å²) in [5, 5.41) is 8.59. The van der Waals surface area contributed by atoms with Gasteiger partial charge in [0.15, 0.2) is 0 Å². The first-order valence-electron chi connectivity index (χ1n) is 7.00. The second kappa shape index (κ2) is 5.88. The van der Waals surface area contributed by atoms with E-state index in [4.69, 9.17) is 15.6 Å². The van der Waals surface area contributed by atoms with Gasteiger partial charge in [-0.2, -0.15) is 0 Å². The number of carboxylic acids is 1. The summed E-state index contributed by atoms with van der Waals surface area (Å²) in [5.74, 6) is -1.47. The molecule has 0 radical (unpaired) electrons. The van der Waals surface area contributed by atoms with Crippen molar-refractivity contribution in [3.63, 3.8) is 0 Å². The molecular weight excluding hydrogens is 278 g/mol. The number of carbonyl (C=O) groups is 3. The number of piperidine rings is 1. The van der Waals surface area contributed by atoms with E-state index < -0.39 is 11.6 Å². The van der Waals surface area contributed by atoms with Crippen LogP contribution in [0.4, 0.5) is 4.79 Å². The highest BCUT2D eigenvalue weighted by Gasteiger charge is 2.44. The zero-order valence-electron chi connectivity index (χ0n) is 12.1. The second-order valence-corrected chi connectivity index (χ2v) is 5.93. The third-order valence-corrected chi connectivity index (χ3v) is 4.03. The number of carbonyl (C=O) groups excluding carboxylic acids is 2. The number of nitrogens with zero attached hydrogens (tertiary/aromatic N) is 2. The molecule has 0 aromatic carbocycles. The van der Waals surface area contributed by atoms with Crippen LogP contribution in [0.1, 0.15) is 19.8 Å². The molecule has 0 unspecified atom stereocenters. The molecule has 2 aliphatic heterocycles. The van der Waals surface area contributed by atoms with Crippen LogP contribution >= 0.6 is 0 Å². The van der Waals surface area contributed by atoms with Crippen molar-refractivity contribution >= 4 is 17.9 Å². The summed E-state index contributed by atoms with van der Waals surface area (Å²) in [6, 6.07) is -0.0886. The van der Waals surface area contributed by atoms with Crippen molar-refractivity contribution in [3.05, 3.63) is 0 Å². The number of urea groups is 1. The van der Waals surface area contributed by atoms with Crippen LogP contribution in [0.15, 0.2) is 0 Å². The van der Waals surface area contributed by atoms with Crippen molar-refractivity contribution in [3.8, 4) is 0 Å². The summed E-state index contributed by atoms with van der Waals surface area (Å²) in [6.07, 6.45) is 1.20. The van der Waals surface area contributed by atoms with Crippen LogP contribution in [0.3, 0.4) is 0 Å². The van der Waals surface area contributed by atoms with E-state index in [1.807, 2.05) is 0 Å². The highest BCUT2D eigenvalue weighted by atomic mass is 16.5. The molecule has 0 atom stereocenters. The predicted molar refractivity (Wildman–Crippen MR) is 72.5 cm³/mol. The fourth-order valence-corrected chi connectivity index (χ4v) is 2.78. The number of ether oxygens (including phenoxy) is 1. The van der Waals surface area contributed by atoms with Gasteiger partial charge in [-0.05, 0) is 19.8 Å². The first-order valence-corrected chi connectivity index (χ1v) is 7.00. The van der Waals surface area contributed by atoms with Crippen molar-refractivity contribution in [1.82, 2.24) is 9.80 Å². The van der Waals surface area contributed by atoms with Crippen molar-refractivity contribution in [2.24, 2.45) is 11.7 Å². The molecule has 0 saturated carbocycles. The Morgan fingerprint density at radius 2 is 1.81 bits per heavy atom. The lowest BCUT2D eigenvalue weighted by Gasteiger charge is -2.49. The molecular formula is C13H21N3O5. The van der Waals surface area contributed by atoms with Gasteiger partial charge in [-0.3, -0.25) is 4.79 Å². The normalized spacial score (nSPS) is 21.8. The number of amides is 3. The van der Waals surface area contributed by atoms with Gasteiger partial charge in [0, 0.05) is 19.0 Å². The summed E-state index contributed by atoms with van der Waals surface area (Å²) in [4.78, 5) is 37.2. The Balaban J connectivity index is 1.76. The molecule has 2 aliphatic rings. The Bertz CT molecular complexity index is 439. The minimum atomic E-state index is -1.02. The van der Waals surface area contributed by atoms with E-state index in [2.05, 4.69) is 0 Å². The molecule has 0 spiro atoms. The van der Waals surface area contributed by atoms with Gasteiger partial charge in [0.05, 0.1) is 13.1 Å². The summed E-state index contributed by atoms with van der Waals surface area (Å²) < 4.78 is 5.27. The number of hydrogen-bond acceptors (Lipinski definition) is 4. The van der Waals surface area contributed by atoms with Gasteiger partial charge >= 0.3 is 12.0 Å². The van der Waals surface area contributed by atoms with E-state index in [0.717, 1.165) is 0 Å². The van der Waals surface area contributed by atoms with Crippen LogP contribution in [0.5, 0.6) is 0 Å². The Hall–Kier alpha value is -1.83. The monoisotopic (exact) mass is 299 g/mol. The lowest BCUT2D eigenvalue weighted by Crippen LogP contribution is -2.66. The van der Waals surface area contributed by atoms with Gasteiger partial charge in [-0.25, -0.2) is 9.59 Å². The van der Waals surface area contributed by atoms with Crippen LogP contribution in [0.25, 0.3) is 0 Å². The van der Waals surface area contributed by atoms with Crippen LogP contribution in [0.2, 0.25) is 0 Å². The minimum Gasteiger partial charge on any atom is -0.480 e. The van der Waals surface area contributed by atoms with Crippen molar-refractivity contribution in [1.29, 1.82) is 0 Å². The maximum Gasteiger partial charge on any atom is 0.329 e. The van der Waals surface area contributed by atoms with Gasteiger partial charge in [-0.15, -0.1) is 0 Å². The van der Waals surface area contributed by atoms with E-state index in [1.165, 1.54) is 0 Å². The van der Waals surface area contributed by atoms with Crippen LogP contribution < -0.4 is 5.73 Å². The molecule has 8 nitrogen and oxygen atoms in total. The third-order valence-electron chi connectivity index (χ3n) is 4.03. The molecule has 3 amide bonds. The zero-order valence-corrected chi connectivity index (χ0v) is 12.1. The highest BCUT2D eigenvalue weighted by Crippen LogP contribution is 2.27. The summed E-state index contributed by atoms with van der Waals surface area (Å²) >= 11 is 0. The maximum absolute atomic E-state index is 12.2. The number of hydrogen-bond donors (Lipinski definition) is 2. The molecule has 0 aliphatic carbocycles. The van der Waals surface area contributed by atoms with E-state index in [-0.39, 0.29) is 24.5 Å². The Labute approximate surface area is 122 Å². The molecule has 8 heteroatoms. The van der Waals surface area contributed by atoms with Crippen LogP contribution in [0, 0.1) is 5.92 Å². The van der Waals surface area contributed by atoms with Gasteiger partial charge in [0.1, 0.15) is 12.2 Å². The Morgan fingerprint density at radius 3 is 2.29 bits per heavy atom. The molecule has 118 valence electrons. The van der Waals surface area contributed by atoms with E-state index in [9.17, 15) is 14.4 Å². The molecule has 21 heavy (non-hydrogen) atoms. The molecule has 0 aromatic rings. The van der Waals surface area contributed by atoms with Gasteiger partial charge in [-0.1, -0.05) is 0 Å². The first-order chi connectivity index (χ1) is 9.81. The Morgan fingerprint density at radius 1 is 1.24 bits per heavy atom. The van der Waals surface area contributed by atoms with Crippen molar-refractivity contribution in [2.45, 2.75) is 25.4 Å². The minimum absolute atomic E-state index is 0.0886. The van der Waals surface area contributed by atoms with E-state index in [0.29, 0.717) is 39.0 Å². The number of likely N-dealkylation sites (tertiary alicyclic amines) is 2. The molecule has 2 rings (SSSR count). The lowest BCUT2D eigenvalue weighted by atomic mass is 9.95. The fraction of sp³-hybridized carbons (Fsp3) is 0.769. The third kappa shape index (κ3) is 3.63. The Kier molecular flexibility index (Phi) is 4.36. The molecule has 3 N–H and O–H groups in total. The van der Waals surface area contributed by atoms with Crippen LogP contribution in [-0.2, 0) is 14.3 Å². The van der Waals surface area contributed by atoms with Crippen LogP contribution in [-0.4, -0.2) is 71.2 Å². The number of aliphatic carboxylic acids is 1. The average molecular weight is 299 g/mol. The highest BCUT2D eigenvalue weighted by molar-refractivity contribution is 5.78. The van der Waals surface area contributed by atoms with Gasteiger partial charge < -0.3 is 25.4 Å². The SMILES string of the molecule is CC1(OCC(=O)O)CN(C(=O)N2CCC(C(N)=O)CC2)C1. The molecule has 2 fully saturated rings. The number of nitrogens with two attached hydrogens (primary N) is 1. The summed E-state index contributed by atoms with van der Waals surface area (Å²) in [5.41, 5.74) is 4.68. The second-order valence-electron chi connectivity index (χ2n) is 5.93. The predicted octanol–water partition coefficient (Wildman–Crippen LogP) is -0.521. The number of primary amides is 1. The topological polar surface area (TPSA) is 113 Å². The summed E-state index contributed by atoms with van der Waals surface area (Å²) in [6.45, 7) is 3.25. The van der Waals surface area contributed by atoms with Crippen molar-refractivity contribution < 1.29 is 24.2 Å². The lowest BCUT2D eigenvalue weighted by molar-refractivity contribution is -0.160. The zero-order chi connectivity index (χ0) is 15.6. The van der Waals surface area contributed by atoms with Gasteiger partial charge in [0.25, 0.3) is 0 Å². The largest absolute Gasteiger partial charge is 0.480 e. The standard InChI is InChI=1S/C13H21N3O5/c1-13(21-6-10(17)18)7-16(8-13)12(20)15-4-2-9(3-5-15)11(14)19/h9H,2-8H2,1H3,(H2,14,19)(H,17,18). The molecule has 2 saturated heterocycles. The quantitative estimate of drug-likeness (QED) is 0.725. The molecule has 0 bridgehead atoms. The maximum atomic E-state index is 12.2. The number of carboxylic acid groups (broad SMARTS) is 1. The smallest absolute Gasteiger partial charge is 0.329 e. The first kappa shape index (κ1) is 15.6. The van der Waals surface area contributed by atoms with E-state index >= 15 is 0 Å². The van der Waals surface area contributed by atoms with E-state index in [1.54, 1.807) is 16.7 Å². The molecule has 2 heterocycles. The average Bonchev–Trinajstić information content (AvgIpc) is 2.41. The summed E-state index contributed by atoms with van der Waals surface area (Å²) in [7, 11) is 0. The number of rotatable bonds is 4. The van der Waals surface area contributed by atoms with Crippen molar-refractivity contribution in [2.75, 3.05) is 32.8 Å². The van der Waals surface area contributed by atoms with Gasteiger partial charge in [0.2, 0.25) is 5.91 Å².